The fraction of sp³-hybridized carbons (Fsp3) is 0.333. The van der Waals surface area contributed by atoms with E-state index in [4.69, 9.17) is 28.0 Å². The van der Waals surface area contributed by atoms with Gasteiger partial charge in [0.15, 0.2) is 5.78 Å². The van der Waals surface area contributed by atoms with Gasteiger partial charge in [0.25, 0.3) is 0 Å². The maximum absolute atomic E-state index is 12.0. The van der Waals surface area contributed by atoms with Crippen molar-refractivity contribution in [1.29, 1.82) is 0 Å². The molecule has 36 heavy (non-hydrogen) atoms. The Morgan fingerprint density at radius 3 is 1.25 bits per heavy atom. The molecule has 0 aliphatic rings. The lowest BCUT2D eigenvalue weighted by Gasteiger charge is -2.05. The Labute approximate surface area is 208 Å². The van der Waals surface area contributed by atoms with Gasteiger partial charge in [0.05, 0.1) is 23.3 Å². The smallest absolute Gasteiger partial charge is 0.460 e. The fourth-order valence-corrected chi connectivity index (χ4v) is 3.10. The minimum atomic E-state index is -2.51. The molecule has 0 saturated heterocycles. The molecule has 2 aromatic carbocycles. The van der Waals surface area contributed by atoms with E-state index in [1.54, 1.807) is 0 Å². The summed E-state index contributed by atoms with van der Waals surface area (Å²) in [7, 11) is -1.02. The molecule has 1 atom stereocenters. The Balaban J connectivity index is 1.59. The van der Waals surface area contributed by atoms with Gasteiger partial charge in [-0.15, -0.1) is 9.05 Å². The highest BCUT2D eigenvalue weighted by molar-refractivity contribution is 7.33. The van der Waals surface area contributed by atoms with E-state index < -0.39 is 26.2 Å². The van der Waals surface area contributed by atoms with E-state index in [0.29, 0.717) is 5.56 Å². The number of methoxy groups -OCH3 is 1. The number of hydrogen-bond acceptors (Lipinski definition) is 11. The van der Waals surface area contributed by atoms with Crippen LogP contribution in [-0.4, -0.2) is 70.4 Å². The molecule has 192 valence electrons. The minimum Gasteiger partial charge on any atom is -0.460 e. The molecule has 0 radical (unpaired) electrons. The first-order valence-electron chi connectivity index (χ1n) is 10.8. The van der Waals surface area contributed by atoms with E-state index in [0.717, 1.165) is 0 Å². The second kappa shape index (κ2) is 15.5. The van der Waals surface area contributed by atoms with Gasteiger partial charge in [-0.25, -0.2) is 14.4 Å². The van der Waals surface area contributed by atoms with Gasteiger partial charge >= 0.3 is 26.2 Å². The highest BCUT2D eigenvalue weighted by Gasteiger charge is 2.21. The number of benzene rings is 2. The van der Waals surface area contributed by atoms with Crippen LogP contribution in [0.1, 0.15) is 48.4 Å². The third kappa shape index (κ3) is 10.0. The van der Waals surface area contributed by atoms with Gasteiger partial charge in [0.1, 0.15) is 33.0 Å². The predicted octanol–water partition coefficient (Wildman–Crippen LogP) is 3.40. The first-order chi connectivity index (χ1) is 17.3. The summed E-state index contributed by atoms with van der Waals surface area (Å²) in [4.78, 5) is 47.0. The molecule has 2 rings (SSSR count). The molecule has 0 saturated carbocycles. The summed E-state index contributed by atoms with van der Waals surface area (Å²) in [5, 5.41) is 0. The van der Waals surface area contributed by atoms with Crippen molar-refractivity contribution in [3.05, 3.63) is 70.8 Å². The van der Waals surface area contributed by atoms with Crippen LogP contribution in [-0.2, 0) is 32.6 Å². The van der Waals surface area contributed by atoms with Gasteiger partial charge in [-0.2, -0.15) is 0 Å². The normalized spacial score (nSPS) is 10.9. The third-order valence-electron chi connectivity index (χ3n) is 4.43. The Hall–Kier alpha value is -3.50. The fourth-order valence-electron chi connectivity index (χ4n) is 2.58. The van der Waals surface area contributed by atoms with Crippen LogP contribution in [0.2, 0.25) is 0 Å². The molecule has 0 spiro atoms. The molecule has 0 N–H and O–H groups in total. The first-order valence-corrected chi connectivity index (χ1v) is 11.9. The molecule has 0 aliphatic carbocycles. The van der Waals surface area contributed by atoms with Crippen LogP contribution in [0, 0.1) is 0 Å². The van der Waals surface area contributed by atoms with Crippen molar-refractivity contribution in [3.63, 3.8) is 0 Å². The van der Waals surface area contributed by atoms with Crippen LogP contribution < -0.4 is 0 Å². The molecule has 0 aromatic heterocycles. The second-order valence-corrected chi connectivity index (χ2v) is 7.97. The molecular formula is C24H26O11P+. The molecule has 0 amide bonds. The zero-order chi connectivity index (χ0) is 26.3. The lowest BCUT2D eigenvalue weighted by molar-refractivity contribution is 0.0383. The van der Waals surface area contributed by atoms with Crippen molar-refractivity contribution in [3.8, 4) is 0 Å². The minimum absolute atomic E-state index is 0.117. The van der Waals surface area contributed by atoms with Crippen molar-refractivity contribution < 1.29 is 51.7 Å². The maximum atomic E-state index is 12.0. The van der Waals surface area contributed by atoms with Crippen LogP contribution in [0.25, 0.3) is 0 Å². The first kappa shape index (κ1) is 28.7. The SMILES string of the molecule is COCCOC(=O)c1ccc(C(=O)OCCO[P+](=O)OCCOC(=O)c2ccc(C(C)=O)cc2)cc1. The molecular weight excluding hydrogens is 495 g/mol. The summed E-state index contributed by atoms with van der Waals surface area (Å²) >= 11 is 0. The zero-order valence-electron chi connectivity index (χ0n) is 19.8. The summed E-state index contributed by atoms with van der Waals surface area (Å²) in [5.74, 6) is -1.93. The molecule has 12 heteroatoms. The van der Waals surface area contributed by atoms with Crippen LogP contribution in [0.15, 0.2) is 48.5 Å². The number of Topliss-reactive ketones (excluding diaryl/α,β-unsaturated/α-hetero) is 1. The monoisotopic (exact) mass is 521 g/mol. The van der Waals surface area contributed by atoms with Crippen molar-refractivity contribution in [1.82, 2.24) is 0 Å². The van der Waals surface area contributed by atoms with Gasteiger partial charge in [0, 0.05) is 17.2 Å². The Morgan fingerprint density at radius 2 is 0.917 bits per heavy atom. The van der Waals surface area contributed by atoms with Gasteiger partial charge in [0.2, 0.25) is 0 Å². The number of carbonyl (C=O) groups excluding carboxylic acids is 4. The number of ketones is 1. The highest BCUT2D eigenvalue weighted by Crippen LogP contribution is 2.23. The van der Waals surface area contributed by atoms with Gasteiger partial charge in [-0.05, 0) is 43.3 Å². The quantitative estimate of drug-likeness (QED) is 0.112. The molecule has 2 aromatic rings. The third-order valence-corrected chi connectivity index (χ3v) is 5.22. The number of carbonyl (C=O) groups is 4. The second-order valence-electron chi connectivity index (χ2n) is 7.00. The average molecular weight is 521 g/mol. The summed E-state index contributed by atoms with van der Waals surface area (Å²) in [6.07, 6.45) is 0. The van der Waals surface area contributed by atoms with Gasteiger partial charge in [-0.1, -0.05) is 12.1 Å². The number of ether oxygens (including phenoxy) is 4. The zero-order valence-corrected chi connectivity index (χ0v) is 20.7. The van der Waals surface area contributed by atoms with Crippen LogP contribution in [0.4, 0.5) is 0 Å². The van der Waals surface area contributed by atoms with E-state index >= 15 is 0 Å². The van der Waals surface area contributed by atoms with Crippen LogP contribution in [0.5, 0.6) is 0 Å². The van der Waals surface area contributed by atoms with E-state index in [1.807, 2.05) is 0 Å². The molecule has 1 unspecified atom stereocenters. The largest absolute Gasteiger partial charge is 0.697 e. The molecule has 0 fully saturated rings. The van der Waals surface area contributed by atoms with Crippen molar-refractivity contribution >= 4 is 31.9 Å². The van der Waals surface area contributed by atoms with Gasteiger partial charge < -0.3 is 18.9 Å². The highest BCUT2D eigenvalue weighted by atomic mass is 31.1. The summed E-state index contributed by atoms with van der Waals surface area (Å²) in [6.45, 7) is 1.11. The number of rotatable bonds is 15. The van der Waals surface area contributed by atoms with Crippen LogP contribution in [0.3, 0.4) is 0 Å². The summed E-state index contributed by atoms with van der Waals surface area (Å²) < 4.78 is 41.3. The Morgan fingerprint density at radius 1 is 0.583 bits per heavy atom. The lowest BCUT2D eigenvalue weighted by atomic mass is 10.1. The van der Waals surface area contributed by atoms with Crippen LogP contribution >= 0.6 is 8.25 Å². The van der Waals surface area contributed by atoms with E-state index in [9.17, 15) is 23.7 Å². The Bertz CT molecular complexity index is 1050. The molecule has 11 nitrogen and oxygen atoms in total. The maximum Gasteiger partial charge on any atom is 0.697 e. The molecule has 0 heterocycles. The van der Waals surface area contributed by atoms with E-state index in [-0.39, 0.29) is 62.1 Å². The number of hydrogen-bond donors (Lipinski definition) is 0. The standard InChI is InChI=1S/C24H26O11P/c1-17(25)18-3-5-19(6-4-18)23(27)32-13-15-34-36(29)35-16-14-33-24(28)21-9-7-20(8-10-21)22(26)31-12-11-30-2/h3-10H,11-16H2,1-2H3/q+1. The molecule has 0 bridgehead atoms. The van der Waals surface area contributed by atoms with E-state index in [2.05, 4.69) is 0 Å². The summed E-state index contributed by atoms with van der Waals surface area (Å²) in [5.41, 5.74) is 1.22. The molecule has 0 aliphatic heterocycles. The Kier molecular flexibility index (Phi) is 12.4. The average Bonchev–Trinajstić information content (AvgIpc) is 2.89. The number of esters is 3. The van der Waals surface area contributed by atoms with E-state index in [1.165, 1.54) is 62.6 Å². The van der Waals surface area contributed by atoms with Crippen molar-refractivity contribution in [2.24, 2.45) is 0 Å². The lowest BCUT2D eigenvalue weighted by Crippen LogP contribution is -2.12. The van der Waals surface area contributed by atoms with Crippen molar-refractivity contribution in [2.75, 3.05) is 46.8 Å². The van der Waals surface area contributed by atoms with Crippen molar-refractivity contribution in [2.45, 2.75) is 6.92 Å². The van der Waals surface area contributed by atoms with Gasteiger partial charge in [-0.3, -0.25) is 4.79 Å². The summed E-state index contributed by atoms with van der Waals surface area (Å²) in [6, 6.07) is 11.7. The predicted molar refractivity (Wildman–Crippen MR) is 125 cm³/mol. The topological polar surface area (TPSA) is 141 Å².